The molecule has 0 spiro atoms. The minimum absolute atomic E-state index is 0.0429. The normalized spacial score (nSPS) is 22.6. The van der Waals surface area contributed by atoms with Gasteiger partial charge in [0.15, 0.2) is 0 Å². The van der Waals surface area contributed by atoms with Crippen molar-refractivity contribution in [2.24, 2.45) is 17.7 Å². The molecule has 1 aromatic heterocycles. The number of nitrogen functional groups attached to an aromatic ring is 1. The fourth-order valence-corrected chi connectivity index (χ4v) is 3.00. The van der Waals surface area contributed by atoms with Gasteiger partial charge in [-0.2, -0.15) is 0 Å². The van der Waals surface area contributed by atoms with E-state index in [9.17, 15) is 4.79 Å². The topological polar surface area (TPSA) is 80.0 Å². The number of hydrogen-bond donors (Lipinski definition) is 3. The molecule has 1 aliphatic rings. The molecule has 1 aromatic rings. The van der Waals surface area contributed by atoms with Gasteiger partial charge in [-0.25, -0.2) is 10.8 Å². The predicted molar refractivity (Wildman–Crippen MR) is 80.1 cm³/mol. The minimum atomic E-state index is -0.0429. The van der Waals surface area contributed by atoms with Crippen molar-refractivity contribution in [1.82, 2.24) is 10.3 Å². The maximum atomic E-state index is 12.3. The van der Waals surface area contributed by atoms with E-state index >= 15 is 0 Å². The summed E-state index contributed by atoms with van der Waals surface area (Å²) in [5, 5.41) is 3.17. The van der Waals surface area contributed by atoms with Crippen LogP contribution in [0.2, 0.25) is 0 Å². The number of nitrogens with two attached hydrogens (primary N) is 1. The van der Waals surface area contributed by atoms with Gasteiger partial charge >= 0.3 is 0 Å². The van der Waals surface area contributed by atoms with Gasteiger partial charge in [-0.05, 0) is 36.8 Å². The van der Waals surface area contributed by atoms with E-state index in [1.54, 1.807) is 18.3 Å². The van der Waals surface area contributed by atoms with Crippen LogP contribution in [-0.4, -0.2) is 16.9 Å². The summed E-state index contributed by atoms with van der Waals surface area (Å²) >= 11 is 0. The summed E-state index contributed by atoms with van der Waals surface area (Å²) in [6, 6.07) is 3.73. The zero-order valence-corrected chi connectivity index (χ0v) is 12.2. The molecule has 1 amide bonds. The molecule has 1 fully saturated rings. The van der Waals surface area contributed by atoms with E-state index in [1.807, 2.05) is 0 Å². The van der Waals surface area contributed by atoms with Gasteiger partial charge in [0.1, 0.15) is 5.82 Å². The summed E-state index contributed by atoms with van der Waals surface area (Å²) in [5.74, 6) is 6.95. The van der Waals surface area contributed by atoms with Crippen LogP contribution in [0.15, 0.2) is 18.3 Å². The number of anilines is 1. The number of nitrogens with zero attached hydrogens (tertiary/aromatic N) is 1. The number of rotatable bonds is 4. The van der Waals surface area contributed by atoms with Crippen LogP contribution < -0.4 is 16.6 Å². The van der Waals surface area contributed by atoms with Gasteiger partial charge in [0, 0.05) is 12.2 Å². The highest BCUT2D eigenvalue weighted by molar-refractivity contribution is 5.94. The highest BCUT2D eigenvalue weighted by Gasteiger charge is 2.28. The summed E-state index contributed by atoms with van der Waals surface area (Å²) in [7, 11) is 0. The second kappa shape index (κ2) is 6.70. The van der Waals surface area contributed by atoms with Crippen molar-refractivity contribution in [3.8, 4) is 0 Å². The van der Waals surface area contributed by atoms with Crippen molar-refractivity contribution in [1.29, 1.82) is 0 Å². The summed E-state index contributed by atoms with van der Waals surface area (Å²) < 4.78 is 0. The Morgan fingerprint density at radius 3 is 2.70 bits per heavy atom. The Kier molecular flexibility index (Phi) is 4.95. The van der Waals surface area contributed by atoms with Gasteiger partial charge in [-0.3, -0.25) is 4.79 Å². The minimum Gasteiger partial charge on any atom is -0.349 e. The van der Waals surface area contributed by atoms with Crippen LogP contribution in [0.25, 0.3) is 0 Å². The van der Waals surface area contributed by atoms with Gasteiger partial charge in [-0.15, -0.1) is 0 Å². The van der Waals surface area contributed by atoms with Crippen LogP contribution in [0.1, 0.15) is 49.9 Å². The maximum Gasteiger partial charge on any atom is 0.253 e. The Balaban J connectivity index is 2.01. The van der Waals surface area contributed by atoms with E-state index in [2.05, 4.69) is 29.6 Å². The second-order valence-electron chi connectivity index (χ2n) is 5.85. The number of amides is 1. The highest BCUT2D eigenvalue weighted by Crippen LogP contribution is 2.30. The van der Waals surface area contributed by atoms with E-state index in [4.69, 9.17) is 5.84 Å². The highest BCUT2D eigenvalue weighted by atomic mass is 16.1. The monoisotopic (exact) mass is 276 g/mol. The van der Waals surface area contributed by atoms with Gasteiger partial charge < -0.3 is 10.7 Å². The Morgan fingerprint density at radius 1 is 1.35 bits per heavy atom. The van der Waals surface area contributed by atoms with Crippen LogP contribution in [0.3, 0.4) is 0 Å². The molecule has 1 heterocycles. The lowest BCUT2D eigenvalue weighted by Crippen LogP contribution is -2.43. The predicted octanol–water partition coefficient (Wildman–Crippen LogP) is 2.31. The van der Waals surface area contributed by atoms with Gasteiger partial charge in [0.05, 0.1) is 5.56 Å². The molecule has 0 bridgehead atoms. The average Bonchev–Trinajstić information content (AvgIpc) is 2.47. The summed E-state index contributed by atoms with van der Waals surface area (Å²) in [5.41, 5.74) is 3.03. The molecule has 0 saturated heterocycles. The third kappa shape index (κ3) is 3.48. The van der Waals surface area contributed by atoms with Crippen molar-refractivity contribution in [3.05, 3.63) is 23.9 Å². The van der Waals surface area contributed by atoms with Crippen molar-refractivity contribution in [2.45, 2.75) is 45.6 Å². The van der Waals surface area contributed by atoms with Crippen molar-refractivity contribution < 1.29 is 4.79 Å². The van der Waals surface area contributed by atoms with Crippen LogP contribution in [0.5, 0.6) is 0 Å². The van der Waals surface area contributed by atoms with Gasteiger partial charge in [-0.1, -0.05) is 26.7 Å². The fraction of sp³-hybridized carbons (Fsp3) is 0.600. The lowest BCUT2D eigenvalue weighted by molar-refractivity contribution is 0.0889. The first-order valence-electron chi connectivity index (χ1n) is 7.35. The molecule has 4 N–H and O–H groups in total. The molecule has 1 aliphatic carbocycles. The molecule has 5 nitrogen and oxygen atoms in total. The number of carbonyl (C=O) groups excluding carboxylic acids is 1. The first-order valence-corrected chi connectivity index (χ1v) is 7.35. The van der Waals surface area contributed by atoms with E-state index in [-0.39, 0.29) is 11.9 Å². The summed E-state index contributed by atoms with van der Waals surface area (Å²) in [6.07, 6.45) is 6.30. The van der Waals surface area contributed by atoms with Gasteiger partial charge in [0.2, 0.25) is 0 Å². The second-order valence-corrected chi connectivity index (χ2v) is 5.85. The average molecular weight is 276 g/mol. The zero-order chi connectivity index (χ0) is 14.5. The lowest BCUT2D eigenvalue weighted by Gasteiger charge is -2.34. The number of nitrogens with one attached hydrogen (secondary N) is 2. The number of aromatic nitrogens is 1. The first-order chi connectivity index (χ1) is 9.61. The Labute approximate surface area is 120 Å². The largest absolute Gasteiger partial charge is 0.349 e. The van der Waals surface area contributed by atoms with Crippen molar-refractivity contribution in [2.75, 3.05) is 5.43 Å². The Bertz CT molecular complexity index is 444. The molecule has 1 saturated carbocycles. The third-order valence-corrected chi connectivity index (χ3v) is 4.17. The van der Waals surface area contributed by atoms with E-state index in [0.29, 0.717) is 23.2 Å². The molecule has 0 aromatic carbocycles. The van der Waals surface area contributed by atoms with Crippen molar-refractivity contribution >= 4 is 11.7 Å². The lowest BCUT2D eigenvalue weighted by atomic mass is 9.78. The van der Waals surface area contributed by atoms with E-state index < -0.39 is 0 Å². The molecule has 2 atom stereocenters. The molecule has 0 aliphatic heterocycles. The first kappa shape index (κ1) is 14.8. The van der Waals surface area contributed by atoms with E-state index in [1.165, 1.54) is 19.3 Å². The molecule has 2 unspecified atom stereocenters. The van der Waals surface area contributed by atoms with E-state index in [0.717, 1.165) is 6.42 Å². The molecule has 0 radical (unpaired) electrons. The number of carbonyl (C=O) groups is 1. The molecular weight excluding hydrogens is 252 g/mol. The quantitative estimate of drug-likeness (QED) is 0.582. The standard InChI is InChI=1S/C15H24N4O/c1-10(2)12-5-3-4-6-13(12)18-15(20)11-7-8-14(19-16)17-9-11/h7-10,12-13H,3-6,16H2,1-2H3,(H,17,19)(H,18,20). The number of hydrazine groups is 1. The van der Waals surface area contributed by atoms with Crippen LogP contribution >= 0.6 is 0 Å². The number of hydrogen-bond acceptors (Lipinski definition) is 4. The molecule has 5 heteroatoms. The molecular formula is C15H24N4O. The Hall–Kier alpha value is -1.62. The van der Waals surface area contributed by atoms with Crippen molar-refractivity contribution in [3.63, 3.8) is 0 Å². The molecule has 2 rings (SSSR count). The smallest absolute Gasteiger partial charge is 0.253 e. The third-order valence-electron chi connectivity index (χ3n) is 4.17. The fourth-order valence-electron chi connectivity index (χ4n) is 3.00. The van der Waals surface area contributed by atoms with Crippen LogP contribution in [0, 0.1) is 11.8 Å². The SMILES string of the molecule is CC(C)C1CCCCC1NC(=O)c1ccc(NN)nc1. The zero-order valence-electron chi connectivity index (χ0n) is 12.2. The van der Waals surface area contributed by atoms with Crippen LogP contribution in [0.4, 0.5) is 5.82 Å². The maximum absolute atomic E-state index is 12.3. The Morgan fingerprint density at radius 2 is 2.10 bits per heavy atom. The summed E-state index contributed by atoms with van der Waals surface area (Å²) in [4.78, 5) is 16.3. The molecule has 20 heavy (non-hydrogen) atoms. The van der Waals surface area contributed by atoms with Crippen LogP contribution in [-0.2, 0) is 0 Å². The summed E-state index contributed by atoms with van der Waals surface area (Å²) in [6.45, 7) is 4.47. The number of pyridine rings is 1. The van der Waals surface area contributed by atoms with Gasteiger partial charge in [0.25, 0.3) is 5.91 Å². The molecule has 110 valence electrons.